The topological polar surface area (TPSA) is 20.2 Å². The summed E-state index contributed by atoms with van der Waals surface area (Å²) in [6.07, 6.45) is -3.60. The minimum absolute atomic E-state index is 0.0562. The first-order valence-corrected chi connectivity index (χ1v) is 6.06. The Morgan fingerprint density at radius 2 is 1.62 bits per heavy atom. The second-order valence-electron chi connectivity index (χ2n) is 6.10. The van der Waals surface area contributed by atoms with Crippen LogP contribution in [0.2, 0.25) is 0 Å². The highest BCUT2D eigenvalue weighted by atomic mass is 19.4. The summed E-state index contributed by atoms with van der Waals surface area (Å²) in [5.41, 5.74) is -2.37. The molecular weight excluding hydrogens is 217 g/mol. The Labute approximate surface area is 93.0 Å². The standard InChI is InChI=1S/C12H17F3O/c1-5-6(2)8-3-7(5)9-4-11(16,10(8)9)12(13,14)15/h5-10,16H,3-4H2,1-2H3. The highest BCUT2D eigenvalue weighted by Crippen LogP contribution is 2.71. The summed E-state index contributed by atoms with van der Waals surface area (Å²) >= 11 is 0. The zero-order valence-corrected chi connectivity index (χ0v) is 9.46. The van der Waals surface area contributed by atoms with Crippen LogP contribution in [0.25, 0.3) is 0 Å². The molecule has 3 rings (SSSR count). The van der Waals surface area contributed by atoms with Crippen molar-refractivity contribution >= 4 is 0 Å². The number of aliphatic hydroxyl groups is 1. The Morgan fingerprint density at radius 3 is 2.19 bits per heavy atom. The van der Waals surface area contributed by atoms with Gasteiger partial charge in [0.2, 0.25) is 0 Å². The maximum atomic E-state index is 12.8. The number of fused-ring (bicyclic) bond motifs is 5. The number of hydrogen-bond donors (Lipinski definition) is 1. The van der Waals surface area contributed by atoms with Gasteiger partial charge in [0, 0.05) is 5.92 Å². The highest BCUT2D eigenvalue weighted by Gasteiger charge is 2.75. The van der Waals surface area contributed by atoms with E-state index in [4.69, 9.17) is 0 Å². The molecule has 0 saturated heterocycles. The molecule has 0 aliphatic heterocycles. The Balaban J connectivity index is 1.90. The van der Waals surface area contributed by atoms with E-state index in [1.165, 1.54) is 0 Å². The van der Waals surface area contributed by atoms with Crippen LogP contribution >= 0.6 is 0 Å². The van der Waals surface area contributed by atoms with Crippen molar-refractivity contribution < 1.29 is 18.3 Å². The van der Waals surface area contributed by atoms with Gasteiger partial charge in [-0.15, -0.1) is 0 Å². The molecule has 0 spiro atoms. The van der Waals surface area contributed by atoms with Crippen molar-refractivity contribution in [1.29, 1.82) is 0 Å². The van der Waals surface area contributed by atoms with Crippen LogP contribution in [0, 0.1) is 35.5 Å². The molecule has 0 aromatic heterocycles. The first-order chi connectivity index (χ1) is 7.27. The summed E-state index contributed by atoms with van der Waals surface area (Å²) in [6, 6.07) is 0. The normalized spacial score (nSPS) is 59.6. The second-order valence-corrected chi connectivity index (χ2v) is 6.10. The van der Waals surface area contributed by atoms with E-state index in [0.717, 1.165) is 6.42 Å². The number of halogens is 3. The van der Waals surface area contributed by atoms with Crippen molar-refractivity contribution in [3.05, 3.63) is 0 Å². The molecule has 1 N–H and O–H groups in total. The predicted molar refractivity (Wildman–Crippen MR) is 52.5 cm³/mol. The summed E-state index contributed by atoms with van der Waals surface area (Å²) in [4.78, 5) is 0. The van der Waals surface area contributed by atoms with Crippen LogP contribution in [-0.2, 0) is 0 Å². The number of rotatable bonds is 0. The second kappa shape index (κ2) is 2.77. The Bertz CT molecular complexity index is 327. The van der Waals surface area contributed by atoms with E-state index in [-0.39, 0.29) is 18.3 Å². The van der Waals surface area contributed by atoms with Crippen LogP contribution in [0.5, 0.6) is 0 Å². The molecule has 16 heavy (non-hydrogen) atoms. The average Bonchev–Trinajstić information content (AvgIpc) is 2.58. The van der Waals surface area contributed by atoms with E-state index < -0.39 is 17.7 Å². The maximum Gasteiger partial charge on any atom is 0.417 e. The van der Waals surface area contributed by atoms with Crippen LogP contribution in [0.4, 0.5) is 13.2 Å². The molecule has 0 aromatic rings. The average molecular weight is 234 g/mol. The van der Waals surface area contributed by atoms with Gasteiger partial charge < -0.3 is 5.11 Å². The molecule has 0 radical (unpaired) electrons. The van der Waals surface area contributed by atoms with Gasteiger partial charge in [0.15, 0.2) is 5.60 Å². The molecule has 7 atom stereocenters. The number of alkyl halides is 3. The summed E-state index contributed by atoms with van der Waals surface area (Å²) < 4.78 is 38.5. The van der Waals surface area contributed by atoms with Gasteiger partial charge in [-0.2, -0.15) is 13.2 Å². The van der Waals surface area contributed by atoms with Gasteiger partial charge in [0.1, 0.15) is 0 Å². The van der Waals surface area contributed by atoms with E-state index in [2.05, 4.69) is 6.92 Å². The van der Waals surface area contributed by atoms with Gasteiger partial charge in [-0.1, -0.05) is 13.8 Å². The molecule has 3 fully saturated rings. The van der Waals surface area contributed by atoms with E-state index in [0.29, 0.717) is 17.8 Å². The molecule has 7 unspecified atom stereocenters. The van der Waals surface area contributed by atoms with Crippen molar-refractivity contribution in [2.24, 2.45) is 35.5 Å². The first-order valence-electron chi connectivity index (χ1n) is 6.06. The van der Waals surface area contributed by atoms with Crippen LogP contribution in [0.1, 0.15) is 26.7 Å². The molecule has 0 aromatic carbocycles. The van der Waals surface area contributed by atoms with Crippen LogP contribution < -0.4 is 0 Å². The van der Waals surface area contributed by atoms with Crippen molar-refractivity contribution in [1.82, 2.24) is 0 Å². The monoisotopic (exact) mass is 234 g/mol. The Morgan fingerprint density at radius 1 is 1.06 bits per heavy atom. The van der Waals surface area contributed by atoms with Crippen molar-refractivity contribution in [3.63, 3.8) is 0 Å². The molecule has 0 heterocycles. The van der Waals surface area contributed by atoms with Gasteiger partial charge in [-0.05, 0) is 42.4 Å². The summed E-state index contributed by atoms with van der Waals surface area (Å²) in [7, 11) is 0. The van der Waals surface area contributed by atoms with Gasteiger partial charge in [-0.3, -0.25) is 0 Å². The highest BCUT2D eigenvalue weighted by molar-refractivity contribution is 5.18. The van der Waals surface area contributed by atoms with Crippen LogP contribution in [-0.4, -0.2) is 16.9 Å². The molecule has 3 saturated carbocycles. The molecule has 92 valence electrons. The smallest absolute Gasteiger partial charge is 0.380 e. The SMILES string of the molecule is CC1C(C)C2CC1C1CC(O)(C(F)(F)F)C21. The Kier molecular flexibility index (Phi) is 1.88. The molecular formula is C12H17F3O. The van der Waals surface area contributed by atoms with Crippen molar-refractivity contribution in [2.75, 3.05) is 0 Å². The van der Waals surface area contributed by atoms with Crippen LogP contribution in [0.3, 0.4) is 0 Å². The Hall–Kier alpha value is -0.250. The molecule has 0 amide bonds. The minimum atomic E-state index is -4.44. The third-order valence-electron chi connectivity index (χ3n) is 5.79. The zero-order chi connectivity index (χ0) is 11.9. The van der Waals surface area contributed by atoms with E-state index >= 15 is 0 Å². The lowest BCUT2D eigenvalue weighted by atomic mass is 9.52. The van der Waals surface area contributed by atoms with E-state index in [9.17, 15) is 18.3 Å². The lowest BCUT2D eigenvalue weighted by molar-refractivity contribution is -0.337. The van der Waals surface area contributed by atoms with Gasteiger partial charge in [0.25, 0.3) is 0 Å². The van der Waals surface area contributed by atoms with Crippen molar-refractivity contribution in [2.45, 2.75) is 38.5 Å². The molecule has 1 nitrogen and oxygen atoms in total. The lowest BCUT2D eigenvalue weighted by Gasteiger charge is -2.56. The minimum Gasteiger partial charge on any atom is -0.380 e. The third kappa shape index (κ3) is 0.980. The summed E-state index contributed by atoms with van der Waals surface area (Å²) in [5.74, 6) is 0.994. The fraction of sp³-hybridized carbons (Fsp3) is 1.00. The quantitative estimate of drug-likeness (QED) is 0.683. The maximum absolute atomic E-state index is 12.8. The van der Waals surface area contributed by atoms with E-state index in [1.807, 2.05) is 6.92 Å². The molecule has 2 bridgehead atoms. The molecule has 3 aliphatic rings. The van der Waals surface area contributed by atoms with E-state index in [1.54, 1.807) is 0 Å². The first kappa shape index (κ1) is 10.9. The fourth-order valence-electron chi connectivity index (χ4n) is 4.77. The molecule has 3 aliphatic carbocycles. The lowest BCUT2D eigenvalue weighted by Crippen LogP contribution is -2.66. The van der Waals surface area contributed by atoms with Crippen LogP contribution in [0.15, 0.2) is 0 Å². The van der Waals surface area contributed by atoms with Crippen molar-refractivity contribution in [3.8, 4) is 0 Å². The molecule has 4 heteroatoms. The van der Waals surface area contributed by atoms with Gasteiger partial charge in [0.05, 0.1) is 0 Å². The third-order valence-corrected chi connectivity index (χ3v) is 5.79. The van der Waals surface area contributed by atoms with Gasteiger partial charge in [-0.25, -0.2) is 0 Å². The van der Waals surface area contributed by atoms with Gasteiger partial charge >= 0.3 is 6.18 Å². The summed E-state index contributed by atoms with van der Waals surface area (Å²) in [5, 5.41) is 9.82. The summed E-state index contributed by atoms with van der Waals surface area (Å²) in [6.45, 7) is 4.19. The predicted octanol–water partition coefficient (Wildman–Crippen LogP) is 2.84. The fourth-order valence-corrected chi connectivity index (χ4v) is 4.77. The largest absolute Gasteiger partial charge is 0.417 e. The zero-order valence-electron chi connectivity index (χ0n) is 9.46. The number of hydrogen-bond acceptors (Lipinski definition) is 1.